The van der Waals surface area contributed by atoms with Crippen LogP contribution in [0.15, 0.2) is 22.3 Å². The number of nitrogens with zero attached hydrogens (tertiary/aromatic N) is 1. The van der Waals surface area contributed by atoms with Gasteiger partial charge < -0.3 is 10.3 Å². The average Bonchev–Trinajstić information content (AvgIpc) is 3.16. The summed E-state index contributed by atoms with van der Waals surface area (Å²) in [6.45, 7) is 2.38. The number of aromatic amines is 1. The fourth-order valence-corrected chi connectivity index (χ4v) is 4.68. The van der Waals surface area contributed by atoms with Crippen molar-refractivity contribution in [1.29, 1.82) is 0 Å². The lowest BCUT2D eigenvalue weighted by molar-refractivity contribution is 0.0958. The molecule has 8 heteroatoms. The molecule has 24 heavy (non-hydrogen) atoms. The van der Waals surface area contributed by atoms with Crippen LogP contribution in [-0.2, 0) is 12.2 Å². The summed E-state index contributed by atoms with van der Waals surface area (Å²) in [5, 5.41) is 5.48. The van der Waals surface area contributed by atoms with Gasteiger partial charge in [0.25, 0.3) is 11.5 Å². The van der Waals surface area contributed by atoms with Crippen LogP contribution < -0.4 is 10.9 Å². The number of thiophene rings is 2. The highest BCUT2D eigenvalue weighted by atomic mass is 32.2. The third kappa shape index (κ3) is 3.55. The van der Waals surface area contributed by atoms with Crippen molar-refractivity contribution in [1.82, 2.24) is 15.3 Å². The molecule has 0 fully saturated rings. The maximum atomic E-state index is 12.4. The van der Waals surface area contributed by atoms with Crippen LogP contribution in [0.2, 0.25) is 0 Å². The second-order valence-corrected chi connectivity index (χ2v) is 8.16. The van der Waals surface area contributed by atoms with Crippen molar-refractivity contribution in [2.24, 2.45) is 0 Å². The largest absolute Gasteiger partial charge is 0.351 e. The molecule has 3 aromatic heterocycles. The predicted octanol–water partition coefficient (Wildman–Crippen LogP) is 3.19. The van der Waals surface area contributed by atoms with Gasteiger partial charge in [-0.15, -0.1) is 22.7 Å². The van der Waals surface area contributed by atoms with Crippen LogP contribution in [0.3, 0.4) is 0 Å². The van der Waals surface area contributed by atoms with Gasteiger partial charge in [0.15, 0.2) is 0 Å². The molecule has 126 valence electrons. The molecular weight excluding hydrogens is 362 g/mol. The monoisotopic (exact) mass is 379 g/mol. The van der Waals surface area contributed by atoms with E-state index in [-0.39, 0.29) is 11.5 Å². The summed E-state index contributed by atoms with van der Waals surface area (Å²) in [4.78, 5) is 34.4. The van der Waals surface area contributed by atoms with Crippen molar-refractivity contribution < 1.29 is 4.79 Å². The summed E-state index contributed by atoms with van der Waals surface area (Å²) < 4.78 is 0. The van der Waals surface area contributed by atoms with E-state index in [4.69, 9.17) is 0 Å². The van der Waals surface area contributed by atoms with Gasteiger partial charge in [-0.05, 0) is 36.6 Å². The number of carbonyl (C=O) groups is 1. The Labute approximate surface area is 151 Å². The Balaban J connectivity index is 1.80. The number of aryl methyl sites for hydroxylation is 1. The van der Waals surface area contributed by atoms with E-state index in [0.717, 1.165) is 6.42 Å². The minimum absolute atomic E-state index is 0.141. The van der Waals surface area contributed by atoms with Crippen molar-refractivity contribution >= 4 is 50.6 Å². The zero-order valence-corrected chi connectivity index (χ0v) is 15.8. The maximum absolute atomic E-state index is 12.4. The number of carbonyl (C=O) groups excluding carboxylic acids is 1. The molecule has 0 bridgehead atoms. The Kier molecular flexibility index (Phi) is 5.37. The number of aromatic nitrogens is 2. The lowest BCUT2D eigenvalue weighted by Crippen LogP contribution is -2.25. The molecule has 0 saturated heterocycles. The van der Waals surface area contributed by atoms with Gasteiger partial charge >= 0.3 is 0 Å². The van der Waals surface area contributed by atoms with Gasteiger partial charge in [0, 0.05) is 11.4 Å². The quantitative estimate of drug-likeness (QED) is 0.690. The summed E-state index contributed by atoms with van der Waals surface area (Å²) in [5.74, 6) is 1.15. The fourth-order valence-electron chi connectivity index (χ4n) is 2.44. The SMILES string of the molecule is CSCc1nc2sc(C(=O)NCCc3cccs3)c(C)c2c(=O)[nH]1. The molecule has 5 nitrogen and oxygen atoms in total. The van der Waals surface area contributed by atoms with E-state index < -0.39 is 0 Å². The summed E-state index contributed by atoms with van der Waals surface area (Å²) >= 11 is 4.56. The number of fused-ring (bicyclic) bond motifs is 1. The van der Waals surface area contributed by atoms with Crippen LogP contribution >= 0.6 is 34.4 Å². The number of nitrogens with one attached hydrogen (secondary N) is 2. The fraction of sp³-hybridized carbons (Fsp3) is 0.312. The van der Waals surface area contributed by atoms with Gasteiger partial charge in [-0.2, -0.15) is 11.8 Å². The van der Waals surface area contributed by atoms with E-state index in [1.165, 1.54) is 16.2 Å². The van der Waals surface area contributed by atoms with Crippen LogP contribution in [0.1, 0.15) is 25.9 Å². The molecule has 0 aliphatic rings. The number of thioether (sulfide) groups is 1. The first-order valence-corrected chi connectivity index (χ1v) is 10.5. The summed E-state index contributed by atoms with van der Waals surface area (Å²) in [7, 11) is 0. The second kappa shape index (κ2) is 7.50. The predicted molar refractivity (Wildman–Crippen MR) is 103 cm³/mol. The highest BCUT2D eigenvalue weighted by Crippen LogP contribution is 2.27. The van der Waals surface area contributed by atoms with E-state index >= 15 is 0 Å². The van der Waals surface area contributed by atoms with Gasteiger partial charge in [-0.3, -0.25) is 9.59 Å². The van der Waals surface area contributed by atoms with Crippen molar-refractivity contribution in [3.63, 3.8) is 0 Å². The van der Waals surface area contributed by atoms with Gasteiger partial charge in [-0.25, -0.2) is 4.98 Å². The number of hydrogen-bond donors (Lipinski definition) is 2. The van der Waals surface area contributed by atoms with Crippen LogP contribution in [0, 0.1) is 6.92 Å². The molecule has 1 amide bonds. The highest BCUT2D eigenvalue weighted by molar-refractivity contribution is 7.97. The van der Waals surface area contributed by atoms with Crippen molar-refractivity contribution in [3.8, 4) is 0 Å². The molecule has 0 aliphatic heterocycles. The third-order valence-electron chi connectivity index (χ3n) is 3.57. The number of rotatable bonds is 6. The third-order valence-corrected chi connectivity index (χ3v) is 6.26. The molecule has 3 aromatic rings. The normalized spacial score (nSPS) is 11.1. The molecule has 3 rings (SSSR count). The van der Waals surface area contributed by atoms with E-state index in [1.807, 2.05) is 17.7 Å². The van der Waals surface area contributed by atoms with Crippen LogP contribution in [0.25, 0.3) is 10.2 Å². The zero-order valence-electron chi connectivity index (χ0n) is 13.3. The molecule has 0 spiro atoms. The summed E-state index contributed by atoms with van der Waals surface area (Å²) in [6.07, 6.45) is 2.76. The van der Waals surface area contributed by atoms with E-state index in [0.29, 0.717) is 38.8 Å². The van der Waals surface area contributed by atoms with E-state index in [2.05, 4.69) is 21.4 Å². The number of H-pyrrole nitrogens is 1. The number of amides is 1. The van der Waals surface area contributed by atoms with Gasteiger partial charge in [0.1, 0.15) is 10.7 Å². The topological polar surface area (TPSA) is 74.8 Å². The molecular formula is C16H17N3O2S3. The van der Waals surface area contributed by atoms with Crippen molar-refractivity contribution in [2.45, 2.75) is 19.1 Å². The van der Waals surface area contributed by atoms with Crippen molar-refractivity contribution in [3.05, 3.63) is 49.0 Å². The van der Waals surface area contributed by atoms with Crippen LogP contribution in [-0.4, -0.2) is 28.7 Å². The molecule has 0 atom stereocenters. The molecule has 0 unspecified atom stereocenters. The van der Waals surface area contributed by atoms with Crippen LogP contribution in [0.4, 0.5) is 0 Å². The first-order valence-electron chi connectivity index (χ1n) is 7.42. The minimum atomic E-state index is -0.171. The Morgan fingerprint density at radius 1 is 1.46 bits per heavy atom. The molecule has 0 saturated carbocycles. The van der Waals surface area contributed by atoms with Crippen molar-refractivity contribution in [2.75, 3.05) is 12.8 Å². The molecule has 3 heterocycles. The number of hydrogen-bond acceptors (Lipinski definition) is 6. The first kappa shape index (κ1) is 17.2. The van der Waals surface area contributed by atoms with E-state index in [1.54, 1.807) is 30.0 Å². The Morgan fingerprint density at radius 3 is 3.00 bits per heavy atom. The first-order chi connectivity index (χ1) is 11.6. The lowest BCUT2D eigenvalue weighted by atomic mass is 10.2. The second-order valence-electron chi connectivity index (χ2n) is 5.27. The Hall–Kier alpha value is -1.64. The standard InChI is InChI=1S/C16H17N3O2S3/c1-9-12-14(20)18-11(8-22-2)19-16(12)24-13(9)15(21)17-6-5-10-4-3-7-23-10/h3-4,7H,5-6,8H2,1-2H3,(H,17,21)(H,18,19,20). The van der Waals surface area contributed by atoms with Crippen LogP contribution in [0.5, 0.6) is 0 Å². The molecule has 0 aliphatic carbocycles. The summed E-state index contributed by atoms with van der Waals surface area (Å²) in [6, 6.07) is 4.06. The van der Waals surface area contributed by atoms with E-state index in [9.17, 15) is 9.59 Å². The minimum Gasteiger partial charge on any atom is -0.351 e. The highest BCUT2D eigenvalue weighted by Gasteiger charge is 2.19. The Bertz CT molecular complexity index is 913. The summed E-state index contributed by atoms with van der Waals surface area (Å²) in [5.41, 5.74) is 0.531. The lowest BCUT2D eigenvalue weighted by Gasteiger charge is -2.03. The van der Waals surface area contributed by atoms with Gasteiger partial charge in [-0.1, -0.05) is 6.07 Å². The maximum Gasteiger partial charge on any atom is 0.261 e. The van der Waals surface area contributed by atoms with Gasteiger partial charge in [0.05, 0.1) is 16.0 Å². The molecule has 0 aromatic carbocycles. The smallest absolute Gasteiger partial charge is 0.261 e. The van der Waals surface area contributed by atoms with Gasteiger partial charge in [0.2, 0.25) is 0 Å². The average molecular weight is 380 g/mol. The molecule has 2 N–H and O–H groups in total. The zero-order chi connectivity index (χ0) is 17.1. The Morgan fingerprint density at radius 2 is 2.29 bits per heavy atom. The molecule has 0 radical (unpaired) electrons.